The van der Waals surface area contributed by atoms with Gasteiger partial charge in [-0.2, -0.15) is 0 Å². The summed E-state index contributed by atoms with van der Waals surface area (Å²) in [6, 6.07) is 15.3. The van der Waals surface area contributed by atoms with Crippen LogP contribution in [0.25, 0.3) is 0 Å². The zero-order valence-corrected chi connectivity index (χ0v) is 15.6. The lowest BCUT2D eigenvalue weighted by molar-refractivity contribution is -0.138. The highest BCUT2D eigenvalue weighted by molar-refractivity contribution is 5.98. The molecule has 0 spiro atoms. The number of rotatable bonds is 3. The molecular weight excluding hydrogens is 338 g/mol. The summed E-state index contributed by atoms with van der Waals surface area (Å²) in [5.41, 5.74) is 4.38. The minimum Gasteiger partial charge on any atom is -0.329 e. The van der Waals surface area contributed by atoms with E-state index in [1.807, 2.05) is 43.3 Å². The number of anilines is 1. The van der Waals surface area contributed by atoms with E-state index < -0.39 is 6.04 Å². The second-order valence-electron chi connectivity index (χ2n) is 7.45. The van der Waals surface area contributed by atoms with Crippen molar-refractivity contribution in [3.8, 4) is 0 Å². The first-order valence-electron chi connectivity index (χ1n) is 9.60. The summed E-state index contributed by atoms with van der Waals surface area (Å²) in [4.78, 5) is 27.6. The quantitative estimate of drug-likeness (QED) is 0.881. The Morgan fingerprint density at radius 2 is 1.81 bits per heavy atom. The molecule has 2 aromatic carbocycles. The van der Waals surface area contributed by atoms with Gasteiger partial charge in [0.2, 0.25) is 11.8 Å². The summed E-state index contributed by atoms with van der Waals surface area (Å²) in [6.07, 6.45) is 2.26. The number of fused-ring (bicyclic) bond motifs is 1. The Morgan fingerprint density at radius 3 is 2.59 bits per heavy atom. The van der Waals surface area contributed by atoms with Crippen LogP contribution < -0.4 is 10.6 Å². The molecule has 140 valence electrons. The first kappa shape index (κ1) is 17.7. The molecule has 2 amide bonds. The standard InChI is InChI=1S/C22H25N3O2/c1-15-8-10-18(11-9-15)24-21(26)20-7-4-12-25(20)22(27)19-13-16-5-2-3-6-17(16)14-23-19/h2-3,5-6,8-11,19-20,23H,4,7,12-14H2,1H3,(H,24,26)/t19-,20+/m1/s1. The van der Waals surface area contributed by atoms with Crippen LogP contribution in [-0.4, -0.2) is 35.3 Å². The van der Waals surface area contributed by atoms with E-state index in [2.05, 4.69) is 22.8 Å². The van der Waals surface area contributed by atoms with E-state index >= 15 is 0 Å². The van der Waals surface area contributed by atoms with Gasteiger partial charge in [0.15, 0.2) is 0 Å². The molecule has 2 aliphatic heterocycles. The number of benzene rings is 2. The van der Waals surface area contributed by atoms with Gasteiger partial charge in [-0.05, 0) is 49.4 Å². The number of likely N-dealkylation sites (tertiary alicyclic amines) is 1. The normalized spacial score (nSPS) is 21.6. The third-order valence-corrected chi connectivity index (χ3v) is 5.54. The third kappa shape index (κ3) is 3.74. The Labute approximate surface area is 159 Å². The van der Waals surface area contributed by atoms with Gasteiger partial charge in [0, 0.05) is 18.8 Å². The lowest BCUT2D eigenvalue weighted by atomic mass is 9.95. The van der Waals surface area contributed by atoms with Crippen LogP contribution in [0.4, 0.5) is 5.69 Å². The van der Waals surface area contributed by atoms with Crippen molar-refractivity contribution in [2.24, 2.45) is 0 Å². The van der Waals surface area contributed by atoms with E-state index in [1.54, 1.807) is 4.90 Å². The molecule has 1 saturated heterocycles. The number of aryl methyl sites for hydroxylation is 1. The van der Waals surface area contributed by atoms with Gasteiger partial charge in [0.1, 0.15) is 6.04 Å². The number of hydrogen-bond donors (Lipinski definition) is 2. The van der Waals surface area contributed by atoms with Crippen molar-refractivity contribution in [2.75, 3.05) is 11.9 Å². The molecule has 27 heavy (non-hydrogen) atoms. The predicted octanol–water partition coefficient (Wildman–Crippen LogP) is 2.64. The topological polar surface area (TPSA) is 61.4 Å². The number of carbonyl (C=O) groups is 2. The lowest BCUT2D eigenvalue weighted by Gasteiger charge is -2.31. The monoisotopic (exact) mass is 363 g/mol. The molecular formula is C22H25N3O2. The first-order valence-corrected chi connectivity index (χ1v) is 9.60. The van der Waals surface area contributed by atoms with Crippen LogP contribution in [0.3, 0.4) is 0 Å². The summed E-state index contributed by atoms with van der Waals surface area (Å²) >= 11 is 0. The van der Waals surface area contributed by atoms with Gasteiger partial charge >= 0.3 is 0 Å². The zero-order chi connectivity index (χ0) is 18.8. The SMILES string of the molecule is Cc1ccc(NC(=O)[C@@H]2CCCN2C(=O)[C@H]2Cc3ccccc3CN2)cc1. The van der Waals surface area contributed by atoms with Crippen LogP contribution in [0, 0.1) is 6.92 Å². The highest BCUT2D eigenvalue weighted by atomic mass is 16.2. The molecule has 2 heterocycles. The second kappa shape index (κ2) is 7.53. The lowest BCUT2D eigenvalue weighted by Crippen LogP contribution is -2.53. The fraction of sp³-hybridized carbons (Fsp3) is 0.364. The van der Waals surface area contributed by atoms with Crippen molar-refractivity contribution in [1.29, 1.82) is 0 Å². The van der Waals surface area contributed by atoms with E-state index in [1.165, 1.54) is 11.1 Å². The maximum Gasteiger partial charge on any atom is 0.247 e. The van der Waals surface area contributed by atoms with Crippen molar-refractivity contribution >= 4 is 17.5 Å². The Balaban J connectivity index is 1.44. The molecule has 0 aromatic heterocycles. The Bertz CT molecular complexity index is 847. The highest BCUT2D eigenvalue weighted by Gasteiger charge is 2.38. The van der Waals surface area contributed by atoms with E-state index in [0.29, 0.717) is 25.9 Å². The summed E-state index contributed by atoms with van der Waals surface area (Å²) in [7, 11) is 0. The van der Waals surface area contributed by atoms with Gasteiger partial charge in [-0.1, -0.05) is 42.0 Å². The number of nitrogens with one attached hydrogen (secondary N) is 2. The molecule has 2 aliphatic rings. The van der Waals surface area contributed by atoms with Crippen molar-refractivity contribution in [3.63, 3.8) is 0 Å². The van der Waals surface area contributed by atoms with Crippen LogP contribution in [0.15, 0.2) is 48.5 Å². The fourth-order valence-corrected chi connectivity index (χ4v) is 3.99. The molecule has 1 fully saturated rings. The summed E-state index contributed by atoms with van der Waals surface area (Å²) < 4.78 is 0. The molecule has 0 bridgehead atoms. The smallest absolute Gasteiger partial charge is 0.247 e. The van der Waals surface area contributed by atoms with Gasteiger partial charge in [0.25, 0.3) is 0 Å². The zero-order valence-electron chi connectivity index (χ0n) is 15.6. The molecule has 0 radical (unpaired) electrons. The van der Waals surface area contributed by atoms with Crippen LogP contribution in [-0.2, 0) is 22.6 Å². The summed E-state index contributed by atoms with van der Waals surface area (Å²) in [5, 5.41) is 6.31. The highest BCUT2D eigenvalue weighted by Crippen LogP contribution is 2.23. The molecule has 0 saturated carbocycles. The molecule has 4 rings (SSSR count). The largest absolute Gasteiger partial charge is 0.329 e. The average molecular weight is 363 g/mol. The average Bonchev–Trinajstić information content (AvgIpc) is 3.19. The molecule has 0 unspecified atom stereocenters. The number of hydrogen-bond acceptors (Lipinski definition) is 3. The van der Waals surface area contributed by atoms with Crippen LogP contribution in [0.1, 0.15) is 29.5 Å². The third-order valence-electron chi connectivity index (χ3n) is 5.54. The van der Waals surface area contributed by atoms with E-state index in [9.17, 15) is 9.59 Å². The first-order chi connectivity index (χ1) is 13.1. The molecule has 0 aliphatic carbocycles. The number of nitrogens with zero attached hydrogens (tertiary/aromatic N) is 1. The van der Waals surface area contributed by atoms with Crippen LogP contribution in [0.5, 0.6) is 0 Å². The van der Waals surface area contributed by atoms with Gasteiger partial charge in [-0.3, -0.25) is 9.59 Å². The van der Waals surface area contributed by atoms with E-state index in [0.717, 1.165) is 17.7 Å². The van der Waals surface area contributed by atoms with E-state index in [-0.39, 0.29) is 17.9 Å². The van der Waals surface area contributed by atoms with Gasteiger partial charge in [-0.15, -0.1) is 0 Å². The molecule has 2 atom stereocenters. The second-order valence-corrected chi connectivity index (χ2v) is 7.45. The van der Waals surface area contributed by atoms with Gasteiger partial charge < -0.3 is 15.5 Å². The van der Waals surface area contributed by atoms with Crippen LogP contribution >= 0.6 is 0 Å². The van der Waals surface area contributed by atoms with Crippen LogP contribution in [0.2, 0.25) is 0 Å². The van der Waals surface area contributed by atoms with Crippen molar-refractivity contribution in [2.45, 2.75) is 44.8 Å². The predicted molar refractivity (Wildman–Crippen MR) is 105 cm³/mol. The van der Waals surface area contributed by atoms with Crippen molar-refractivity contribution in [3.05, 3.63) is 65.2 Å². The maximum atomic E-state index is 13.1. The molecule has 5 heteroatoms. The van der Waals surface area contributed by atoms with Gasteiger partial charge in [0.05, 0.1) is 6.04 Å². The summed E-state index contributed by atoms with van der Waals surface area (Å²) in [5.74, 6) is -0.0630. The molecule has 2 aromatic rings. The number of carbonyl (C=O) groups excluding carboxylic acids is 2. The summed E-state index contributed by atoms with van der Waals surface area (Å²) in [6.45, 7) is 3.35. The van der Waals surface area contributed by atoms with Gasteiger partial charge in [-0.25, -0.2) is 0 Å². The fourth-order valence-electron chi connectivity index (χ4n) is 3.99. The van der Waals surface area contributed by atoms with E-state index in [4.69, 9.17) is 0 Å². The Kier molecular flexibility index (Phi) is 4.94. The molecule has 5 nitrogen and oxygen atoms in total. The minimum atomic E-state index is -0.391. The van der Waals surface area contributed by atoms with Crippen molar-refractivity contribution < 1.29 is 9.59 Å². The minimum absolute atomic E-state index is 0.0334. The Hall–Kier alpha value is -2.66. The maximum absolute atomic E-state index is 13.1. The Morgan fingerprint density at radius 1 is 1.07 bits per heavy atom. The van der Waals surface area contributed by atoms with Crippen molar-refractivity contribution in [1.82, 2.24) is 10.2 Å². The number of amides is 2. The molecule has 2 N–H and O–H groups in total.